The lowest BCUT2D eigenvalue weighted by Gasteiger charge is -2.05. The molecule has 0 unspecified atom stereocenters. The fraction of sp³-hybridized carbons (Fsp3) is 0.765. The van der Waals surface area contributed by atoms with E-state index in [0.29, 0.717) is 10.8 Å². The van der Waals surface area contributed by atoms with Crippen molar-refractivity contribution in [3.05, 3.63) is 17.0 Å². The van der Waals surface area contributed by atoms with E-state index in [2.05, 4.69) is 11.6 Å². The maximum atomic E-state index is 12.0. The minimum Gasteiger partial charge on any atom is -0.210 e. The molecule has 1 heterocycles. The summed E-state index contributed by atoms with van der Waals surface area (Å²) in [7, 11) is -3.28. The van der Waals surface area contributed by atoms with E-state index in [1.807, 2.05) is 13.0 Å². The molecule has 22 heavy (non-hydrogen) atoms. The van der Waals surface area contributed by atoms with Crippen LogP contribution >= 0.6 is 11.3 Å². The maximum absolute atomic E-state index is 12.0. The molecule has 0 saturated carbocycles. The summed E-state index contributed by atoms with van der Waals surface area (Å²) in [6, 6.07) is 3.53. The molecule has 0 aromatic carbocycles. The molecule has 128 valence electrons. The van der Waals surface area contributed by atoms with Crippen molar-refractivity contribution in [2.75, 3.05) is 6.54 Å². The minimum absolute atomic E-state index is 0.428. The highest BCUT2D eigenvalue weighted by atomic mass is 32.2. The number of hydrogen-bond acceptors (Lipinski definition) is 3. The molecule has 0 saturated heterocycles. The van der Waals surface area contributed by atoms with Gasteiger partial charge in [-0.1, -0.05) is 64.7 Å². The van der Waals surface area contributed by atoms with Gasteiger partial charge in [-0.3, -0.25) is 0 Å². The second-order valence-corrected chi connectivity index (χ2v) is 9.23. The van der Waals surface area contributed by atoms with Crippen LogP contribution in [0.1, 0.15) is 76.0 Å². The topological polar surface area (TPSA) is 46.2 Å². The summed E-state index contributed by atoms with van der Waals surface area (Å²) in [5.41, 5.74) is 0. The molecule has 5 heteroatoms. The monoisotopic (exact) mass is 345 g/mol. The van der Waals surface area contributed by atoms with Crippen molar-refractivity contribution in [1.29, 1.82) is 0 Å². The van der Waals surface area contributed by atoms with Gasteiger partial charge in [0.1, 0.15) is 4.21 Å². The van der Waals surface area contributed by atoms with E-state index in [1.165, 1.54) is 62.7 Å². The van der Waals surface area contributed by atoms with Crippen molar-refractivity contribution in [3.63, 3.8) is 0 Å². The maximum Gasteiger partial charge on any atom is 0.250 e. The van der Waals surface area contributed by atoms with Gasteiger partial charge in [0.15, 0.2) is 0 Å². The van der Waals surface area contributed by atoms with Crippen molar-refractivity contribution >= 4 is 21.4 Å². The Bertz CT molecular complexity index is 495. The predicted molar refractivity (Wildman–Crippen MR) is 96.1 cm³/mol. The number of hydrogen-bond donors (Lipinski definition) is 1. The van der Waals surface area contributed by atoms with Gasteiger partial charge in [-0.2, -0.15) is 0 Å². The van der Waals surface area contributed by atoms with Crippen LogP contribution < -0.4 is 4.72 Å². The van der Waals surface area contributed by atoms with Gasteiger partial charge in [-0.25, -0.2) is 13.1 Å². The number of unbranched alkanes of at least 4 members (excludes halogenated alkanes) is 9. The van der Waals surface area contributed by atoms with Crippen LogP contribution in [0.25, 0.3) is 0 Å². The van der Waals surface area contributed by atoms with Crippen LogP contribution in [-0.4, -0.2) is 15.0 Å². The first-order valence-electron chi connectivity index (χ1n) is 8.62. The van der Waals surface area contributed by atoms with Gasteiger partial charge in [0.05, 0.1) is 0 Å². The van der Waals surface area contributed by atoms with Crippen molar-refractivity contribution in [2.24, 2.45) is 0 Å². The van der Waals surface area contributed by atoms with Crippen LogP contribution in [-0.2, 0) is 10.0 Å². The SMILES string of the molecule is CCCCCCCCCCCCNS(=O)(=O)c1ccc(C)s1. The van der Waals surface area contributed by atoms with Crippen molar-refractivity contribution in [3.8, 4) is 0 Å². The van der Waals surface area contributed by atoms with Gasteiger partial charge < -0.3 is 0 Å². The van der Waals surface area contributed by atoms with Crippen LogP contribution in [0.4, 0.5) is 0 Å². The summed E-state index contributed by atoms with van der Waals surface area (Å²) in [5, 5.41) is 0. The van der Waals surface area contributed by atoms with Gasteiger partial charge in [0, 0.05) is 11.4 Å². The Morgan fingerprint density at radius 2 is 1.45 bits per heavy atom. The fourth-order valence-electron chi connectivity index (χ4n) is 2.45. The third-order valence-electron chi connectivity index (χ3n) is 3.80. The van der Waals surface area contributed by atoms with E-state index in [-0.39, 0.29) is 0 Å². The summed E-state index contributed by atoms with van der Waals surface area (Å²) in [6.45, 7) is 4.72. The number of thiophene rings is 1. The second-order valence-electron chi connectivity index (χ2n) is 5.94. The van der Waals surface area contributed by atoms with E-state index in [9.17, 15) is 8.42 Å². The molecule has 0 bridgehead atoms. The summed E-state index contributed by atoms with van der Waals surface area (Å²) in [6.07, 6.45) is 12.6. The first kappa shape index (κ1) is 19.7. The molecule has 0 spiro atoms. The molecular weight excluding hydrogens is 314 g/mol. The zero-order chi connectivity index (χ0) is 16.3. The van der Waals surface area contributed by atoms with Crippen molar-refractivity contribution < 1.29 is 8.42 Å². The molecule has 0 fully saturated rings. The first-order chi connectivity index (χ1) is 10.6. The van der Waals surface area contributed by atoms with Crippen LogP contribution in [0.3, 0.4) is 0 Å². The Morgan fingerprint density at radius 3 is 1.95 bits per heavy atom. The Labute approximate surface area is 140 Å². The molecule has 1 N–H and O–H groups in total. The zero-order valence-corrected chi connectivity index (χ0v) is 15.7. The normalized spacial score (nSPS) is 11.9. The Kier molecular flexibility index (Phi) is 10.0. The first-order valence-corrected chi connectivity index (χ1v) is 10.9. The van der Waals surface area contributed by atoms with Crippen molar-refractivity contribution in [1.82, 2.24) is 4.72 Å². The third-order valence-corrected chi connectivity index (χ3v) is 6.76. The third kappa shape index (κ3) is 8.30. The van der Waals surface area contributed by atoms with Crippen LogP contribution in [0.15, 0.2) is 16.3 Å². The smallest absolute Gasteiger partial charge is 0.210 e. The van der Waals surface area contributed by atoms with E-state index < -0.39 is 10.0 Å². The Morgan fingerprint density at radius 1 is 0.909 bits per heavy atom. The predicted octanol–water partition coefficient (Wildman–Crippen LogP) is 5.26. The summed E-state index contributed by atoms with van der Waals surface area (Å²) in [5.74, 6) is 0. The lowest BCUT2D eigenvalue weighted by molar-refractivity contribution is 0.549. The van der Waals surface area contributed by atoms with E-state index in [1.54, 1.807) is 6.07 Å². The molecule has 3 nitrogen and oxygen atoms in total. The summed E-state index contributed by atoms with van der Waals surface area (Å²) >= 11 is 1.33. The van der Waals surface area contributed by atoms with Gasteiger partial charge >= 0.3 is 0 Å². The molecule has 0 aliphatic rings. The van der Waals surface area contributed by atoms with Crippen LogP contribution in [0.5, 0.6) is 0 Å². The largest absolute Gasteiger partial charge is 0.250 e. The molecule has 0 aliphatic carbocycles. The number of rotatable bonds is 13. The molecule has 0 atom stereocenters. The number of nitrogens with one attached hydrogen (secondary N) is 1. The number of sulfonamides is 1. The van der Waals surface area contributed by atoms with Gasteiger partial charge in [0.25, 0.3) is 0 Å². The molecule has 1 rings (SSSR count). The Hall–Kier alpha value is -0.390. The Balaban J connectivity index is 1.99. The molecule has 1 aromatic heterocycles. The quantitative estimate of drug-likeness (QED) is 0.496. The summed E-state index contributed by atoms with van der Waals surface area (Å²) < 4.78 is 27.1. The molecule has 0 radical (unpaired) electrons. The lowest BCUT2D eigenvalue weighted by atomic mass is 10.1. The van der Waals surface area contributed by atoms with Gasteiger partial charge in [0.2, 0.25) is 10.0 Å². The standard InChI is InChI=1S/C17H31NO2S2/c1-3-4-5-6-7-8-9-10-11-12-15-18-22(19,20)17-14-13-16(2)21-17/h13-14,18H,3-12,15H2,1-2H3. The molecule has 0 aliphatic heterocycles. The van der Waals surface area contributed by atoms with E-state index in [4.69, 9.17) is 0 Å². The van der Waals surface area contributed by atoms with Crippen LogP contribution in [0, 0.1) is 6.92 Å². The highest BCUT2D eigenvalue weighted by Gasteiger charge is 2.14. The average Bonchev–Trinajstić information content (AvgIpc) is 2.92. The average molecular weight is 346 g/mol. The zero-order valence-electron chi connectivity index (χ0n) is 14.1. The highest BCUT2D eigenvalue weighted by Crippen LogP contribution is 2.20. The van der Waals surface area contributed by atoms with Crippen molar-refractivity contribution in [2.45, 2.75) is 82.3 Å². The van der Waals surface area contributed by atoms with Gasteiger partial charge in [-0.05, 0) is 25.5 Å². The van der Waals surface area contributed by atoms with Crippen LogP contribution in [0.2, 0.25) is 0 Å². The van der Waals surface area contributed by atoms with E-state index >= 15 is 0 Å². The number of aryl methyl sites for hydroxylation is 1. The summed E-state index contributed by atoms with van der Waals surface area (Å²) in [4.78, 5) is 1.03. The van der Waals surface area contributed by atoms with Gasteiger partial charge in [-0.15, -0.1) is 11.3 Å². The molecule has 0 amide bonds. The van der Waals surface area contributed by atoms with E-state index in [0.717, 1.165) is 17.7 Å². The second kappa shape index (κ2) is 11.2. The highest BCUT2D eigenvalue weighted by molar-refractivity contribution is 7.91. The fourth-order valence-corrected chi connectivity index (χ4v) is 4.85. The molecular formula is C17H31NO2S2. The molecule has 1 aromatic rings. The lowest BCUT2D eigenvalue weighted by Crippen LogP contribution is -2.23. The minimum atomic E-state index is -3.28.